The number of esters is 1. The molecule has 0 spiro atoms. The summed E-state index contributed by atoms with van der Waals surface area (Å²) in [5.41, 5.74) is 1.09. The molecule has 0 aliphatic carbocycles. The van der Waals surface area contributed by atoms with Crippen LogP contribution in [0.2, 0.25) is 0 Å². The molecule has 1 amide bonds. The van der Waals surface area contributed by atoms with Gasteiger partial charge in [-0.2, -0.15) is 0 Å². The van der Waals surface area contributed by atoms with Gasteiger partial charge < -0.3 is 15.2 Å². The van der Waals surface area contributed by atoms with Gasteiger partial charge in [-0.15, -0.1) is 23.1 Å². The minimum Gasteiger partial charge on any atom is -0.481 e. The standard InChI is InChI=1S/C12H15NO5S2/c1-3-18-12(17)10-7(2)4-20-11(10)13-8(14)5-19-6-9(15)16/h4H,3,5-6H2,1-2H3,(H,13,14)(H,15,16). The SMILES string of the molecule is CCOC(=O)c1c(C)csc1NC(=O)CSCC(=O)O. The van der Waals surface area contributed by atoms with Gasteiger partial charge in [-0.25, -0.2) is 4.79 Å². The van der Waals surface area contributed by atoms with Gasteiger partial charge in [0.15, 0.2) is 0 Å². The molecule has 1 rings (SSSR count). The maximum Gasteiger partial charge on any atom is 0.341 e. The van der Waals surface area contributed by atoms with E-state index in [2.05, 4.69) is 5.32 Å². The van der Waals surface area contributed by atoms with Gasteiger partial charge >= 0.3 is 11.9 Å². The number of aryl methyl sites for hydroxylation is 1. The van der Waals surface area contributed by atoms with Crippen LogP contribution in [0.1, 0.15) is 22.8 Å². The lowest BCUT2D eigenvalue weighted by molar-refractivity contribution is -0.133. The third-order valence-electron chi connectivity index (χ3n) is 2.17. The Balaban J connectivity index is 2.66. The lowest BCUT2D eigenvalue weighted by Gasteiger charge is -2.06. The molecule has 0 saturated heterocycles. The third-order valence-corrected chi connectivity index (χ3v) is 4.10. The molecule has 0 fully saturated rings. The second-order valence-corrected chi connectivity index (χ2v) is 5.64. The van der Waals surface area contributed by atoms with Gasteiger partial charge in [0.05, 0.1) is 23.7 Å². The largest absolute Gasteiger partial charge is 0.481 e. The number of amides is 1. The topological polar surface area (TPSA) is 92.7 Å². The smallest absolute Gasteiger partial charge is 0.341 e. The van der Waals surface area contributed by atoms with Crippen molar-refractivity contribution in [3.8, 4) is 0 Å². The summed E-state index contributed by atoms with van der Waals surface area (Å²) in [6.07, 6.45) is 0. The number of anilines is 1. The molecular formula is C12H15NO5S2. The number of hydrogen-bond donors (Lipinski definition) is 2. The fourth-order valence-corrected chi connectivity index (χ4v) is 2.87. The Bertz CT molecular complexity index is 512. The van der Waals surface area contributed by atoms with Crippen molar-refractivity contribution >= 4 is 45.9 Å². The molecule has 110 valence electrons. The van der Waals surface area contributed by atoms with Crippen LogP contribution >= 0.6 is 23.1 Å². The minimum atomic E-state index is -0.970. The summed E-state index contributed by atoms with van der Waals surface area (Å²) in [4.78, 5) is 33.8. The molecule has 20 heavy (non-hydrogen) atoms. The van der Waals surface area contributed by atoms with Crippen molar-refractivity contribution in [2.75, 3.05) is 23.4 Å². The van der Waals surface area contributed by atoms with Gasteiger partial charge in [0, 0.05) is 0 Å². The van der Waals surface area contributed by atoms with Crippen molar-refractivity contribution < 1.29 is 24.2 Å². The normalized spacial score (nSPS) is 10.1. The van der Waals surface area contributed by atoms with E-state index in [4.69, 9.17) is 9.84 Å². The zero-order chi connectivity index (χ0) is 15.1. The number of hydrogen-bond acceptors (Lipinski definition) is 6. The van der Waals surface area contributed by atoms with Crippen LogP contribution in [-0.4, -0.2) is 41.1 Å². The summed E-state index contributed by atoms with van der Waals surface area (Å²) in [6.45, 7) is 3.73. The quantitative estimate of drug-likeness (QED) is 0.747. The summed E-state index contributed by atoms with van der Waals surface area (Å²) in [6, 6.07) is 0. The van der Waals surface area contributed by atoms with Crippen LogP contribution in [0.3, 0.4) is 0 Å². The number of rotatable bonds is 7. The van der Waals surface area contributed by atoms with E-state index in [-0.39, 0.29) is 24.0 Å². The number of thioether (sulfide) groups is 1. The predicted octanol–water partition coefficient (Wildman–Crippen LogP) is 1.99. The zero-order valence-electron chi connectivity index (χ0n) is 11.1. The molecule has 0 bridgehead atoms. The van der Waals surface area contributed by atoms with Crippen molar-refractivity contribution in [3.63, 3.8) is 0 Å². The van der Waals surface area contributed by atoms with Crippen molar-refractivity contribution in [3.05, 3.63) is 16.5 Å². The van der Waals surface area contributed by atoms with Crippen LogP contribution in [0.4, 0.5) is 5.00 Å². The van der Waals surface area contributed by atoms with Crippen molar-refractivity contribution in [2.24, 2.45) is 0 Å². The first kappa shape index (κ1) is 16.5. The van der Waals surface area contributed by atoms with Crippen molar-refractivity contribution in [1.82, 2.24) is 0 Å². The lowest BCUT2D eigenvalue weighted by Crippen LogP contribution is -2.17. The van der Waals surface area contributed by atoms with E-state index in [0.29, 0.717) is 10.6 Å². The van der Waals surface area contributed by atoms with E-state index in [0.717, 1.165) is 17.3 Å². The highest BCUT2D eigenvalue weighted by Gasteiger charge is 2.19. The van der Waals surface area contributed by atoms with E-state index < -0.39 is 11.9 Å². The summed E-state index contributed by atoms with van der Waals surface area (Å²) < 4.78 is 4.94. The average molecular weight is 317 g/mol. The fraction of sp³-hybridized carbons (Fsp3) is 0.417. The molecule has 1 heterocycles. The maximum atomic E-state index is 11.8. The molecule has 6 nitrogen and oxygen atoms in total. The molecule has 8 heteroatoms. The zero-order valence-corrected chi connectivity index (χ0v) is 12.7. The number of carboxylic acids is 1. The van der Waals surface area contributed by atoms with E-state index in [1.165, 1.54) is 11.3 Å². The molecule has 0 atom stereocenters. The average Bonchev–Trinajstić information content (AvgIpc) is 2.70. The van der Waals surface area contributed by atoms with E-state index in [1.54, 1.807) is 19.2 Å². The predicted molar refractivity (Wildman–Crippen MR) is 78.6 cm³/mol. The van der Waals surface area contributed by atoms with Gasteiger partial charge in [-0.1, -0.05) is 0 Å². The number of nitrogens with one attached hydrogen (secondary N) is 1. The molecule has 0 aromatic carbocycles. The number of carbonyl (C=O) groups excluding carboxylic acids is 2. The molecule has 2 N–H and O–H groups in total. The van der Waals surface area contributed by atoms with Crippen molar-refractivity contribution in [1.29, 1.82) is 0 Å². The Labute approximate surface area is 124 Å². The Morgan fingerprint density at radius 1 is 1.40 bits per heavy atom. The first-order chi connectivity index (χ1) is 9.45. The molecule has 0 saturated carbocycles. The number of thiophene rings is 1. The molecule has 1 aromatic rings. The molecule has 0 unspecified atom stereocenters. The van der Waals surface area contributed by atoms with Crippen LogP contribution in [0, 0.1) is 6.92 Å². The molecule has 1 aromatic heterocycles. The monoisotopic (exact) mass is 317 g/mol. The first-order valence-corrected chi connectivity index (χ1v) is 7.83. The van der Waals surface area contributed by atoms with Crippen molar-refractivity contribution in [2.45, 2.75) is 13.8 Å². The van der Waals surface area contributed by atoms with Crippen LogP contribution < -0.4 is 5.32 Å². The Morgan fingerprint density at radius 3 is 2.70 bits per heavy atom. The van der Waals surface area contributed by atoms with Gasteiger partial charge in [0.25, 0.3) is 0 Å². The van der Waals surface area contributed by atoms with Crippen LogP contribution in [0.25, 0.3) is 0 Å². The van der Waals surface area contributed by atoms with E-state index in [9.17, 15) is 14.4 Å². The summed E-state index contributed by atoms with van der Waals surface area (Å²) in [7, 11) is 0. The molecule has 0 aliphatic rings. The molecular weight excluding hydrogens is 302 g/mol. The summed E-state index contributed by atoms with van der Waals surface area (Å²) in [5, 5.41) is 13.3. The Kier molecular flexibility index (Phi) is 6.53. The first-order valence-electron chi connectivity index (χ1n) is 5.80. The number of aliphatic carboxylic acids is 1. The lowest BCUT2D eigenvalue weighted by atomic mass is 10.2. The fourth-order valence-electron chi connectivity index (χ4n) is 1.39. The van der Waals surface area contributed by atoms with Gasteiger partial charge in [-0.05, 0) is 24.8 Å². The highest BCUT2D eigenvalue weighted by atomic mass is 32.2. The molecule has 0 aliphatic heterocycles. The number of carboxylic acid groups (broad SMARTS) is 1. The van der Waals surface area contributed by atoms with Crippen LogP contribution in [0.15, 0.2) is 5.38 Å². The summed E-state index contributed by atoms with van der Waals surface area (Å²) >= 11 is 2.24. The van der Waals surface area contributed by atoms with Gasteiger partial charge in [0.1, 0.15) is 5.00 Å². The minimum absolute atomic E-state index is 0.0194. The highest BCUT2D eigenvalue weighted by molar-refractivity contribution is 8.00. The third kappa shape index (κ3) is 4.86. The Hall–Kier alpha value is -1.54. The number of carbonyl (C=O) groups is 3. The summed E-state index contributed by atoms with van der Waals surface area (Å²) in [5.74, 6) is -1.90. The van der Waals surface area contributed by atoms with Gasteiger partial charge in [-0.3, -0.25) is 9.59 Å². The Morgan fingerprint density at radius 2 is 2.10 bits per heavy atom. The maximum absolute atomic E-state index is 11.8. The van der Waals surface area contributed by atoms with E-state index in [1.807, 2.05) is 0 Å². The molecule has 0 radical (unpaired) electrons. The number of ether oxygens (including phenoxy) is 1. The second-order valence-electron chi connectivity index (χ2n) is 3.78. The van der Waals surface area contributed by atoms with Crippen LogP contribution in [0.5, 0.6) is 0 Å². The van der Waals surface area contributed by atoms with E-state index >= 15 is 0 Å². The highest BCUT2D eigenvalue weighted by Crippen LogP contribution is 2.28. The second kappa shape index (κ2) is 7.91. The van der Waals surface area contributed by atoms with Crippen LogP contribution in [-0.2, 0) is 14.3 Å². The van der Waals surface area contributed by atoms with Gasteiger partial charge in [0.2, 0.25) is 5.91 Å².